The molecule has 0 spiro atoms. The van der Waals surface area contributed by atoms with Crippen molar-refractivity contribution >= 4 is 15.4 Å². The number of hydrogen-bond acceptors (Lipinski definition) is 3. The second kappa shape index (κ2) is 3.15. The van der Waals surface area contributed by atoms with Crippen LogP contribution in [0.1, 0.15) is 19.4 Å². The Hall–Kier alpha value is -1.20. The smallest absolute Gasteiger partial charge is 0.200 e. The van der Waals surface area contributed by atoms with Gasteiger partial charge in [0.2, 0.25) is 9.84 Å². The highest BCUT2D eigenvalue weighted by Gasteiger charge is 2.33. The molecule has 0 saturated heterocycles. The van der Waals surface area contributed by atoms with E-state index in [0.717, 1.165) is 11.5 Å². The van der Waals surface area contributed by atoms with Gasteiger partial charge in [0.15, 0.2) is 0 Å². The van der Waals surface area contributed by atoms with Crippen molar-refractivity contribution in [2.75, 3.05) is 0 Å². The molecule has 16 heavy (non-hydrogen) atoms. The van der Waals surface area contributed by atoms with Crippen LogP contribution in [0.5, 0.6) is 0 Å². The Morgan fingerprint density at radius 1 is 1.31 bits per heavy atom. The number of benzene rings is 1. The van der Waals surface area contributed by atoms with E-state index in [4.69, 9.17) is 5.73 Å². The van der Waals surface area contributed by atoms with Crippen molar-refractivity contribution in [1.82, 2.24) is 0 Å². The lowest BCUT2D eigenvalue weighted by Gasteiger charge is -2.20. The Bertz CT molecular complexity index is 582. The fourth-order valence-corrected chi connectivity index (χ4v) is 3.36. The summed E-state index contributed by atoms with van der Waals surface area (Å²) in [5.41, 5.74) is 6.13. The maximum atomic E-state index is 13.0. The topological polar surface area (TPSA) is 60.2 Å². The van der Waals surface area contributed by atoms with Crippen molar-refractivity contribution < 1.29 is 12.8 Å². The highest BCUT2D eigenvalue weighted by molar-refractivity contribution is 7.95. The van der Waals surface area contributed by atoms with E-state index in [1.807, 2.05) is 0 Å². The second-order valence-corrected chi connectivity index (χ2v) is 6.20. The van der Waals surface area contributed by atoms with Crippen LogP contribution in [-0.4, -0.2) is 14.0 Å². The molecule has 0 radical (unpaired) electrons. The minimum absolute atomic E-state index is 0.000949. The molecular formula is C11H12FNO2S. The number of hydrogen-bond donors (Lipinski definition) is 1. The molecule has 0 amide bonds. The third-order valence-electron chi connectivity index (χ3n) is 2.51. The Kier molecular flexibility index (Phi) is 2.22. The van der Waals surface area contributed by atoms with Gasteiger partial charge in [-0.05, 0) is 37.1 Å². The number of fused-ring (bicyclic) bond motifs is 1. The number of rotatable bonds is 1. The Labute approximate surface area is 93.7 Å². The van der Waals surface area contributed by atoms with Crippen LogP contribution in [0.2, 0.25) is 0 Å². The first kappa shape index (κ1) is 11.3. The molecule has 1 aromatic carbocycles. The van der Waals surface area contributed by atoms with Gasteiger partial charge >= 0.3 is 0 Å². The van der Waals surface area contributed by atoms with Gasteiger partial charge in [-0.2, -0.15) is 0 Å². The Morgan fingerprint density at radius 3 is 2.50 bits per heavy atom. The summed E-state index contributed by atoms with van der Waals surface area (Å²) < 4.78 is 36.5. The average Bonchev–Trinajstić information content (AvgIpc) is 2.38. The average molecular weight is 241 g/mol. The van der Waals surface area contributed by atoms with Gasteiger partial charge in [-0.25, -0.2) is 12.8 Å². The second-order valence-electron chi connectivity index (χ2n) is 4.44. The molecule has 0 aromatic heterocycles. The molecule has 0 bridgehead atoms. The largest absolute Gasteiger partial charge is 0.322 e. The summed E-state index contributed by atoms with van der Waals surface area (Å²) in [4.78, 5) is 0.000949. The summed E-state index contributed by atoms with van der Waals surface area (Å²) in [6.45, 7) is 3.43. The lowest BCUT2D eigenvalue weighted by Crippen LogP contribution is -2.32. The zero-order valence-electron chi connectivity index (χ0n) is 8.99. The van der Waals surface area contributed by atoms with Crippen molar-refractivity contribution in [3.05, 3.63) is 35.0 Å². The number of halogens is 1. The molecule has 3 nitrogen and oxygen atoms in total. The van der Waals surface area contributed by atoms with E-state index in [2.05, 4.69) is 0 Å². The monoisotopic (exact) mass is 241 g/mol. The van der Waals surface area contributed by atoms with E-state index < -0.39 is 21.2 Å². The van der Waals surface area contributed by atoms with Gasteiger partial charge in [0.05, 0.1) is 4.90 Å². The van der Waals surface area contributed by atoms with Crippen LogP contribution >= 0.6 is 0 Å². The fraction of sp³-hybridized carbons (Fsp3) is 0.273. The van der Waals surface area contributed by atoms with Crippen LogP contribution in [0.4, 0.5) is 4.39 Å². The summed E-state index contributed by atoms with van der Waals surface area (Å²) in [6.07, 6.45) is 0. The predicted molar refractivity (Wildman–Crippen MR) is 59.8 cm³/mol. The minimum Gasteiger partial charge on any atom is -0.322 e. The maximum Gasteiger partial charge on any atom is 0.200 e. The summed E-state index contributed by atoms with van der Waals surface area (Å²) in [6, 6.07) is 3.72. The number of sulfone groups is 1. The molecule has 0 atom stereocenters. The maximum absolute atomic E-state index is 13.0. The first-order valence-electron chi connectivity index (χ1n) is 4.78. The zero-order valence-corrected chi connectivity index (χ0v) is 9.81. The molecule has 5 heteroatoms. The van der Waals surface area contributed by atoms with Crippen molar-refractivity contribution in [3.8, 4) is 0 Å². The van der Waals surface area contributed by atoms with Crippen LogP contribution in [0, 0.1) is 5.82 Å². The summed E-state index contributed by atoms with van der Waals surface area (Å²) in [5, 5.41) is 1.12. The molecule has 2 rings (SSSR count). The third-order valence-corrected chi connectivity index (χ3v) is 4.00. The van der Waals surface area contributed by atoms with Crippen LogP contribution in [-0.2, 0) is 9.84 Å². The van der Waals surface area contributed by atoms with Gasteiger partial charge in [-0.3, -0.25) is 0 Å². The molecule has 2 N–H and O–H groups in total. The normalized spacial score (nSPS) is 18.1. The van der Waals surface area contributed by atoms with E-state index in [9.17, 15) is 12.8 Å². The highest BCUT2D eigenvalue weighted by atomic mass is 32.2. The van der Waals surface area contributed by atoms with Gasteiger partial charge in [0, 0.05) is 10.9 Å². The molecule has 1 aromatic rings. The Balaban J connectivity index is 2.75. The van der Waals surface area contributed by atoms with E-state index in [-0.39, 0.29) is 4.90 Å². The SMILES string of the molecule is CC(C)(N)C1=CS(=O)(=O)c2cc(F)ccc21. The first-order chi connectivity index (χ1) is 7.22. The van der Waals surface area contributed by atoms with E-state index in [0.29, 0.717) is 11.1 Å². The molecule has 0 fully saturated rings. The summed E-state index contributed by atoms with van der Waals surface area (Å²) in [7, 11) is -3.54. The molecule has 86 valence electrons. The standard InChI is InChI=1S/C11H12FNO2S/c1-11(2,13)9-6-16(14,15)10-5-7(12)3-4-8(9)10/h3-6H,13H2,1-2H3. The highest BCUT2D eigenvalue weighted by Crippen LogP contribution is 2.38. The van der Waals surface area contributed by atoms with Gasteiger partial charge in [0.1, 0.15) is 5.82 Å². The van der Waals surface area contributed by atoms with E-state index in [1.54, 1.807) is 13.8 Å². The fourth-order valence-electron chi connectivity index (χ4n) is 1.74. The van der Waals surface area contributed by atoms with Crippen molar-refractivity contribution in [2.24, 2.45) is 5.73 Å². The van der Waals surface area contributed by atoms with E-state index in [1.165, 1.54) is 12.1 Å². The third kappa shape index (κ3) is 1.66. The minimum atomic E-state index is -3.54. The van der Waals surface area contributed by atoms with Crippen molar-refractivity contribution in [3.63, 3.8) is 0 Å². The molecule has 1 heterocycles. The first-order valence-corrected chi connectivity index (χ1v) is 6.32. The van der Waals surface area contributed by atoms with Crippen LogP contribution < -0.4 is 5.73 Å². The summed E-state index contributed by atoms with van der Waals surface area (Å²) in [5.74, 6) is -0.563. The van der Waals surface area contributed by atoms with Crippen LogP contribution in [0.25, 0.3) is 5.57 Å². The Morgan fingerprint density at radius 2 is 1.94 bits per heavy atom. The molecule has 0 unspecified atom stereocenters. The lowest BCUT2D eigenvalue weighted by molar-refractivity contribution is 0.599. The van der Waals surface area contributed by atoms with Crippen LogP contribution in [0.15, 0.2) is 28.5 Å². The molecule has 1 aliphatic rings. The molecule has 0 saturated carbocycles. The van der Waals surface area contributed by atoms with Crippen LogP contribution in [0.3, 0.4) is 0 Å². The van der Waals surface area contributed by atoms with Crippen molar-refractivity contribution in [2.45, 2.75) is 24.3 Å². The molecular weight excluding hydrogens is 229 g/mol. The lowest BCUT2D eigenvalue weighted by atomic mass is 9.91. The summed E-state index contributed by atoms with van der Waals surface area (Å²) >= 11 is 0. The zero-order chi connectivity index (χ0) is 12.1. The van der Waals surface area contributed by atoms with Gasteiger partial charge < -0.3 is 5.73 Å². The van der Waals surface area contributed by atoms with Crippen molar-refractivity contribution in [1.29, 1.82) is 0 Å². The quantitative estimate of drug-likeness (QED) is 0.814. The van der Waals surface area contributed by atoms with E-state index >= 15 is 0 Å². The van der Waals surface area contributed by atoms with Gasteiger partial charge in [-0.1, -0.05) is 6.07 Å². The molecule has 1 aliphatic heterocycles. The number of nitrogens with two attached hydrogens (primary N) is 1. The van der Waals surface area contributed by atoms with Gasteiger partial charge in [0.25, 0.3) is 0 Å². The van der Waals surface area contributed by atoms with Gasteiger partial charge in [-0.15, -0.1) is 0 Å². The molecule has 0 aliphatic carbocycles. The predicted octanol–water partition coefficient (Wildman–Crippen LogP) is 1.69.